The number of carbonyl (C=O) groups is 2. The zero-order valence-electron chi connectivity index (χ0n) is 14.2. The summed E-state index contributed by atoms with van der Waals surface area (Å²) in [6, 6.07) is 10.5. The minimum atomic E-state index is -0.217. The van der Waals surface area contributed by atoms with Crippen molar-refractivity contribution in [1.82, 2.24) is 0 Å². The molecule has 1 aliphatic rings. The van der Waals surface area contributed by atoms with Crippen molar-refractivity contribution in [2.45, 2.75) is 19.3 Å². The van der Waals surface area contributed by atoms with Gasteiger partial charge in [0.25, 0.3) is 5.91 Å². The highest BCUT2D eigenvalue weighted by atomic mass is 16.5. The summed E-state index contributed by atoms with van der Waals surface area (Å²) in [4.78, 5) is 24.1. The molecule has 0 aliphatic carbocycles. The number of amides is 2. The van der Waals surface area contributed by atoms with Crippen LogP contribution < -0.4 is 20.1 Å². The van der Waals surface area contributed by atoms with E-state index in [1.165, 1.54) is 0 Å². The lowest BCUT2D eigenvalue weighted by atomic mass is 10.0. The van der Waals surface area contributed by atoms with Crippen LogP contribution >= 0.6 is 0 Å². The summed E-state index contributed by atoms with van der Waals surface area (Å²) >= 11 is 0. The molecule has 0 spiro atoms. The van der Waals surface area contributed by atoms with E-state index < -0.39 is 0 Å². The SMILES string of the molecule is COc1ccc(NC(=O)c2ccc3c(c2)CCCC(=O)N3)cc1OC. The molecule has 0 unspecified atom stereocenters. The average Bonchev–Trinajstić information content (AvgIpc) is 2.81. The number of ether oxygens (including phenoxy) is 2. The van der Waals surface area contributed by atoms with Gasteiger partial charge < -0.3 is 20.1 Å². The van der Waals surface area contributed by atoms with Gasteiger partial charge in [0, 0.05) is 29.4 Å². The molecule has 0 radical (unpaired) electrons. The number of carbonyl (C=O) groups excluding carboxylic acids is 2. The van der Waals surface area contributed by atoms with E-state index >= 15 is 0 Å². The Balaban J connectivity index is 1.80. The summed E-state index contributed by atoms with van der Waals surface area (Å²) in [5.74, 6) is 0.943. The van der Waals surface area contributed by atoms with Crippen LogP contribution in [0.25, 0.3) is 0 Å². The van der Waals surface area contributed by atoms with Gasteiger partial charge in [-0.25, -0.2) is 0 Å². The summed E-state index contributed by atoms with van der Waals surface area (Å²) < 4.78 is 10.4. The third kappa shape index (κ3) is 3.74. The molecule has 0 atom stereocenters. The highest BCUT2D eigenvalue weighted by Gasteiger charge is 2.15. The van der Waals surface area contributed by atoms with Gasteiger partial charge in [-0.15, -0.1) is 0 Å². The molecule has 130 valence electrons. The third-order valence-electron chi connectivity index (χ3n) is 4.13. The second-order valence-corrected chi connectivity index (χ2v) is 5.80. The van der Waals surface area contributed by atoms with Crippen LogP contribution in [-0.4, -0.2) is 26.0 Å². The van der Waals surface area contributed by atoms with Crippen molar-refractivity contribution < 1.29 is 19.1 Å². The van der Waals surface area contributed by atoms with Crippen molar-refractivity contribution in [1.29, 1.82) is 0 Å². The molecular formula is C19H20N2O4. The lowest BCUT2D eigenvalue weighted by Crippen LogP contribution is -2.13. The first-order valence-electron chi connectivity index (χ1n) is 8.07. The van der Waals surface area contributed by atoms with E-state index in [0.717, 1.165) is 24.1 Å². The fraction of sp³-hybridized carbons (Fsp3) is 0.263. The van der Waals surface area contributed by atoms with Crippen LogP contribution in [0.4, 0.5) is 11.4 Å². The first-order chi connectivity index (χ1) is 12.1. The maximum absolute atomic E-state index is 12.5. The molecule has 1 aliphatic heterocycles. The first-order valence-corrected chi connectivity index (χ1v) is 8.07. The van der Waals surface area contributed by atoms with Gasteiger partial charge in [-0.05, 0) is 48.7 Å². The number of fused-ring (bicyclic) bond motifs is 1. The number of hydrogen-bond acceptors (Lipinski definition) is 4. The number of hydrogen-bond donors (Lipinski definition) is 2. The zero-order valence-corrected chi connectivity index (χ0v) is 14.2. The van der Waals surface area contributed by atoms with Crippen LogP contribution in [0, 0.1) is 0 Å². The Kier molecular flexibility index (Phi) is 4.88. The van der Waals surface area contributed by atoms with Crippen molar-refractivity contribution in [3.8, 4) is 11.5 Å². The van der Waals surface area contributed by atoms with E-state index in [4.69, 9.17) is 9.47 Å². The molecule has 2 amide bonds. The van der Waals surface area contributed by atoms with E-state index in [0.29, 0.717) is 29.2 Å². The van der Waals surface area contributed by atoms with Crippen molar-refractivity contribution in [3.05, 3.63) is 47.5 Å². The van der Waals surface area contributed by atoms with Crippen molar-refractivity contribution >= 4 is 23.2 Å². The molecule has 6 heteroatoms. The van der Waals surface area contributed by atoms with Crippen LogP contribution in [0.1, 0.15) is 28.8 Å². The zero-order chi connectivity index (χ0) is 17.8. The maximum Gasteiger partial charge on any atom is 0.255 e. The number of anilines is 2. The van der Waals surface area contributed by atoms with Crippen molar-refractivity contribution in [2.24, 2.45) is 0 Å². The van der Waals surface area contributed by atoms with Crippen molar-refractivity contribution in [3.63, 3.8) is 0 Å². The third-order valence-corrected chi connectivity index (χ3v) is 4.13. The normalized spacial score (nSPS) is 13.3. The van der Waals surface area contributed by atoms with E-state index in [2.05, 4.69) is 10.6 Å². The van der Waals surface area contributed by atoms with Gasteiger partial charge in [-0.1, -0.05) is 0 Å². The highest BCUT2D eigenvalue weighted by Crippen LogP contribution is 2.30. The molecule has 2 aromatic carbocycles. The molecule has 2 N–H and O–H groups in total. The largest absolute Gasteiger partial charge is 0.493 e. The lowest BCUT2D eigenvalue weighted by molar-refractivity contribution is -0.116. The summed E-state index contributed by atoms with van der Waals surface area (Å²) in [5.41, 5.74) is 2.92. The molecule has 0 fully saturated rings. The second-order valence-electron chi connectivity index (χ2n) is 5.80. The standard InChI is InChI=1S/C19H20N2O4/c1-24-16-9-7-14(11-17(16)25-2)20-19(23)13-6-8-15-12(10-13)4-3-5-18(22)21-15/h6-11H,3-5H2,1-2H3,(H,20,23)(H,21,22). The molecule has 25 heavy (non-hydrogen) atoms. The molecule has 6 nitrogen and oxygen atoms in total. The van der Waals surface area contributed by atoms with Crippen LogP contribution in [-0.2, 0) is 11.2 Å². The minimum absolute atomic E-state index is 0.0151. The molecule has 2 aromatic rings. The monoisotopic (exact) mass is 340 g/mol. The van der Waals surface area contributed by atoms with Crippen LogP contribution in [0.2, 0.25) is 0 Å². The summed E-state index contributed by atoms with van der Waals surface area (Å²) in [5, 5.41) is 5.72. The van der Waals surface area contributed by atoms with Crippen LogP contribution in [0.5, 0.6) is 11.5 Å². The molecule has 0 aromatic heterocycles. The van der Waals surface area contributed by atoms with Gasteiger partial charge in [0.15, 0.2) is 11.5 Å². The molecule has 0 saturated carbocycles. The van der Waals surface area contributed by atoms with Crippen molar-refractivity contribution in [2.75, 3.05) is 24.9 Å². The summed E-state index contributed by atoms with van der Waals surface area (Å²) in [7, 11) is 3.11. The number of aryl methyl sites for hydroxylation is 1. The van der Waals surface area contributed by atoms with Gasteiger partial charge in [-0.3, -0.25) is 9.59 Å². The summed E-state index contributed by atoms with van der Waals surface area (Å²) in [6.07, 6.45) is 2.05. The first kappa shape index (κ1) is 16.8. The van der Waals surface area contributed by atoms with E-state index in [9.17, 15) is 9.59 Å². The molecular weight excluding hydrogens is 320 g/mol. The molecule has 3 rings (SSSR count). The Morgan fingerprint density at radius 3 is 2.60 bits per heavy atom. The average molecular weight is 340 g/mol. The van der Waals surface area contributed by atoms with Crippen LogP contribution in [0.3, 0.4) is 0 Å². The number of rotatable bonds is 4. The molecule has 0 bridgehead atoms. The lowest BCUT2D eigenvalue weighted by Gasteiger charge is -2.12. The fourth-order valence-corrected chi connectivity index (χ4v) is 2.83. The summed E-state index contributed by atoms with van der Waals surface area (Å²) in [6.45, 7) is 0. The Labute approximate surface area is 146 Å². The quantitative estimate of drug-likeness (QED) is 0.896. The number of nitrogens with one attached hydrogen (secondary N) is 2. The number of methoxy groups -OCH3 is 2. The number of benzene rings is 2. The van der Waals surface area contributed by atoms with E-state index in [1.807, 2.05) is 6.07 Å². The Morgan fingerprint density at radius 1 is 1.04 bits per heavy atom. The Morgan fingerprint density at radius 2 is 1.84 bits per heavy atom. The topological polar surface area (TPSA) is 76.7 Å². The van der Waals surface area contributed by atoms with E-state index in [-0.39, 0.29) is 11.8 Å². The van der Waals surface area contributed by atoms with Crippen LogP contribution in [0.15, 0.2) is 36.4 Å². The van der Waals surface area contributed by atoms with Gasteiger partial charge in [-0.2, -0.15) is 0 Å². The minimum Gasteiger partial charge on any atom is -0.493 e. The fourth-order valence-electron chi connectivity index (χ4n) is 2.83. The smallest absolute Gasteiger partial charge is 0.255 e. The van der Waals surface area contributed by atoms with Gasteiger partial charge in [0.05, 0.1) is 14.2 Å². The maximum atomic E-state index is 12.5. The van der Waals surface area contributed by atoms with Gasteiger partial charge >= 0.3 is 0 Å². The highest BCUT2D eigenvalue weighted by molar-refractivity contribution is 6.05. The molecule has 1 heterocycles. The van der Waals surface area contributed by atoms with Gasteiger partial charge in [0.1, 0.15) is 0 Å². The predicted molar refractivity (Wildman–Crippen MR) is 95.5 cm³/mol. The van der Waals surface area contributed by atoms with Gasteiger partial charge in [0.2, 0.25) is 5.91 Å². The Hall–Kier alpha value is -3.02. The predicted octanol–water partition coefficient (Wildman–Crippen LogP) is 3.23. The van der Waals surface area contributed by atoms with E-state index in [1.54, 1.807) is 44.6 Å². The Bertz CT molecular complexity index is 817. The second kappa shape index (κ2) is 7.25. The molecule has 0 saturated heterocycles.